The summed E-state index contributed by atoms with van der Waals surface area (Å²) in [5, 5.41) is 11.4. The van der Waals surface area contributed by atoms with Crippen molar-refractivity contribution in [1.29, 1.82) is 0 Å². The van der Waals surface area contributed by atoms with Gasteiger partial charge in [0.15, 0.2) is 11.5 Å². The molecule has 10 heteroatoms. The van der Waals surface area contributed by atoms with Crippen molar-refractivity contribution >= 4 is 44.2 Å². The highest BCUT2D eigenvalue weighted by atomic mass is 35.5. The Morgan fingerprint density at radius 3 is 2.34 bits per heavy atom. The fourth-order valence-electron chi connectivity index (χ4n) is 4.05. The van der Waals surface area contributed by atoms with Gasteiger partial charge in [-0.15, -0.1) is 11.3 Å². The van der Waals surface area contributed by atoms with E-state index >= 15 is 0 Å². The van der Waals surface area contributed by atoms with Gasteiger partial charge < -0.3 is 19.5 Å². The number of ether oxygens (including phenoxy) is 2. The van der Waals surface area contributed by atoms with Crippen molar-refractivity contribution in [1.82, 2.24) is 4.72 Å². The topological polar surface area (TPSA) is 83.4 Å². The lowest BCUT2D eigenvalue weighted by Gasteiger charge is -2.44. The molecule has 1 fully saturated rings. The summed E-state index contributed by atoms with van der Waals surface area (Å²) in [4.78, 5) is 2.04. The molecule has 0 bridgehead atoms. The summed E-state index contributed by atoms with van der Waals surface area (Å²) >= 11 is 7.25. The monoisotopic (exact) mass is 491 g/mol. The minimum atomic E-state index is -2.97. The smallest absolute Gasteiger partial charge is 0.151 e. The minimum Gasteiger partial charge on any atom is -0.453 e. The molecule has 4 atom stereocenters. The number of fused-ring (bicyclic) bond motifs is 2. The van der Waals surface area contributed by atoms with E-state index < -0.39 is 28.1 Å². The number of para-hydroxylation sites is 4. The molecule has 2 aliphatic heterocycles. The fraction of sp³-hybridized carbons (Fsp3) is 0.273. The highest BCUT2D eigenvalue weighted by Gasteiger charge is 2.41. The molecule has 0 amide bonds. The first-order valence-corrected chi connectivity index (χ1v) is 12.8. The fourth-order valence-corrected chi connectivity index (χ4v) is 7.33. The van der Waals surface area contributed by atoms with Crippen molar-refractivity contribution in [2.75, 3.05) is 25.2 Å². The van der Waals surface area contributed by atoms with E-state index in [1.54, 1.807) is 12.1 Å². The molecule has 0 radical (unpaired) electrons. The summed E-state index contributed by atoms with van der Waals surface area (Å²) in [7, 11) is -1.48. The van der Waals surface area contributed by atoms with Crippen molar-refractivity contribution in [2.45, 2.75) is 22.4 Å². The number of benzene rings is 2. The molecule has 3 aromatic rings. The van der Waals surface area contributed by atoms with Crippen LogP contribution in [0.2, 0.25) is 4.34 Å². The third-order valence-corrected chi connectivity index (χ3v) is 9.35. The van der Waals surface area contributed by atoms with E-state index in [0.717, 1.165) is 11.4 Å². The van der Waals surface area contributed by atoms with Crippen molar-refractivity contribution in [2.24, 2.45) is 4.36 Å². The molecule has 4 unspecified atom stereocenters. The lowest BCUT2D eigenvalue weighted by Crippen LogP contribution is -2.60. The Labute approximate surface area is 195 Å². The van der Waals surface area contributed by atoms with Gasteiger partial charge in [-0.05, 0) is 36.4 Å². The van der Waals surface area contributed by atoms with Crippen LogP contribution in [-0.4, -0.2) is 47.8 Å². The number of rotatable bonds is 4. The molecule has 168 valence electrons. The Balaban J connectivity index is 1.49. The molecule has 2 aromatic carbocycles. The lowest BCUT2D eigenvalue weighted by molar-refractivity contribution is -0.0242. The van der Waals surface area contributed by atoms with E-state index in [1.165, 1.54) is 18.4 Å². The Morgan fingerprint density at radius 1 is 1.09 bits per heavy atom. The van der Waals surface area contributed by atoms with Gasteiger partial charge in [0.1, 0.15) is 14.1 Å². The maximum atomic E-state index is 13.5. The quantitative estimate of drug-likeness (QED) is 0.564. The molecule has 1 aromatic heterocycles. The van der Waals surface area contributed by atoms with Gasteiger partial charge in [0.2, 0.25) is 0 Å². The van der Waals surface area contributed by atoms with Gasteiger partial charge >= 0.3 is 0 Å². The van der Waals surface area contributed by atoms with Crippen LogP contribution in [0.4, 0.5) is 11.4 Å². The second-order valence-electron chi connectivity index (χ2n) is 7.49. The van der Waals surface area contributed by atoms with Gasteiger partial charge in [0, 0.05) is 7.05 Å². The van der Waals surface area contributed by atoms with Crippen LogP contribution in [0.3, 0.4) is 0 Å². The van der Waals surface area contributed by atoms with Crippen LogP contribution in [0.5, 0.6) is 11.5 Å². The third kappa shape index (κ3) is 3.79. The summed E-state index contributed by atoms with van der Waals surface area (Å²) < 4.78 is 33.7. The minimum absolute atomic E-state index is 0.205. The van der Waals surface area contributed by atoms with E-state index in [-0.39, 0.29) is 6.61 Å². The average molecular weight is 492 g/mol. The summed E-state index contributed by atoms with van der Waals surface area (Å²) in [6.45, 7) is 0.508. The number of hydrogen-bond acceptors (Lipinski definition) is 7. The molecule has 2 aliphatic rings. The van der Waals surface area contributed by atoms with Crippen molar-refractivity contribution in [3.8, 4) is 11.5 Å². The van der Waals surface area contributed by atoms with Crippen molar-refractivity contribution in [3.63, 3.8) is 0 Å². The van der Waals surface area contributed by atoms with E-state index in [4.69, 9.17) is 21.1 Å². The summed E-state index contributed by atoms with van der Waals surface area (Å²) in [5.41, 5.74) is 1.68. The highest BCUT2D eigenvalue weighted by Crippen LogP contribution is 2.48. The number of thiophene rings is 1. The molecule has 7 nitrogen and oxygen atoms in total. The van der Waals surface area contributed by atoms with Crippen LogP contribution in [0.1, 0.15) is 0 Å². The van der Waals surface area contributed by atoms with Crippen molar-refractivity contribution in [3.05, 3.63) is 65.0 Å². The first-order chi connectivity index (χ1) is 15.5. The van der Waals surface area contributed by atoms with Crippen LogP contribution in [0.15, 0.2) is 69.2 Å². The van der Waals surface area contributed by atoms with Crippen LogP contribution in [0.25, 0.3) is 0 Å². The molecular formula is C22H22ClN3O4S2. The van der Waals surface area contributed by atoms with Crippen molar-refractivity contribution < 1.29 is 18.8 Å². The molecule has 32 heavy (non-hydrogen) atoms. The zero-order chi connectivity index (χ0) is 22.3. The first kappa shape index (κ1) is 21.7. The summed E-state index contributed by atoms with van der Waals surface area (Å²) in [6, 6.07) is 17.7. The molecule has 5 rings (SSSR count). The van der Waals surface area contributed by atoms with Gasteiger partial charge in [0.05, 0.1) is 47.1 Å². The molecule has 0 saturated carbocycles. The van der Waals surface area contributed by atoms with E-state index in [9.17, 15) is 9.32 Å². The molecule has 0 aliphatic carbocycles. The second-order valence-corrected chi connectivity index (χ2v) is 11.6. The molecule has 1 saturated heterocycles. The van der Waals surface area contributed by atoms with Crippen LogP contribution < -0.4 is 14.4 Å². The predicted octanol–water partition coefficient (Wildman–Crippen LogP) is 4.44. The van der Waals surface area contributed by atoms with Gasteiger partial charge in [-0.2, -0.15) is 0 Å². The maximum Gasteiger partial charge on any atom is 0.151 e. The predicted molar refractivity (Wildman–Crippen MR) is 127 cm³/mol. The summed E-state index contributed by atoms with van der Waals surface area (Å²) in [6.07, 6.45) is -0.888. The molecular weight excluding hydrogens is 470 g/mol. The van der Waals surface area contributed by atoms with E-state index in [1.807, 2.05) is 53.4 Å². The normalized spacial score (nSPS) is 24.1. The number of nitrogens with zero attached hydrogens (tertiary/aromatic N) is 2. The maximum absolute atomic E-state index is 13.5. The largest absolute Gasteiger partial charge is 0.453 e. The molecule has 2 N–H and O–H groups in total. The lowest BCUT2D eigenvalue weighted by atomic mass is 9.98. The van der Waals surface area contributed by atoms with Gasteiger partial charge in [-0.3, -0.25) is 0 Å². The van der Waals surface area contributed by atoms with E-state index in [0.29, 0.717) is 26.7 Å². The number of nitrogens with one attached hydrogen (secondary N) is 1. The highest BCUT2D eigenvalue weighted by molar-refractivity contribution is 7.93. The third-order valence-electron chi connectivity index (χ3n) is 5.58. The first-order valence-electron chi connectivity index (χ1n) is 10.1. The number of aliphatic hydroxyl groups is 1. The standard InChI is InChI=1S/C22H22ClN3O4S2/c1-24-32(28,21-11-10-20(23)31-21)25-14-12-29-13-17(22(14)27)26-15-6-2-4-8-18(15)30-19-9-5-3-7-16(19)26/h2-11,14,17,22,27H,12-13H2,1H3,(H,24,25,28). The SMILES string of the molecule is CN=S(=O)(NC1COCC(N2c3ccccc3Oc3ccccc32)C1O)c1ccc(Cl)s1. The van der Waals surface area contributed by atoms with Crippen LogP contribution >= 0.6 is 22.9 Å². The second kappa shape index (κ2) is 8.66. The Hall–Kier alpha value is -2.14. The Bertz CT molecular complexity index is 1210. The average Bonchev–Trinajstić information content (AvgIpc) is 3.26. The number of aliphatic hydroxyl groups excluding tert-OH is 1. The van der Waals surface area contributed by atoms with Crippen LogP contribution in [-0.2, 0) is 14.7 Å². The number of hydrogen-bond donors (Lipinski definition) is 2. The number of anilines is 2. The van der Waals surface area contributed by atoms with Gasteiger partial charge in [-0.25, -0.2) is 13.3 Å². The Morgan fingerprint density at radius 2 is 1.75 bits per heavy atom. The van der Waals surface area contributed by atoms with Gasteiger partial charge in [0.25, 0.3) is 0 Å². The zero-order valence-corrected chi connectivity index (χ0v) is 19.6. The van der Waals surface area contributed by atoms with E-state index in [2.05, 4.69) is 9.08 Å². The number of halogens is 1. The van der Waals surface area contributed by atoms with Crippen LogP contribution in [0, 0.1) is 0 Å². The molecule has 3 heterocycles. The van der Waals surface area contributed by atoms with Gasteiger partial charge in [-0.1, -0.05) is 35.9 Å². The Kier molecular flexibility index (Phi) is 5.87. The molecule has 0 spiro atoms. The zero-order valence-electron chi connectivity index (χ0n) is 17.2. The summed E-state index contributed by atoms with van der Waals surface area (Å²) in [5.74, 6) is 1.41.